The van der Waals surface area contributed by atoms with Crippen molar-refractivity contribution in [2.24, 2.45) is 4.99 Å². The number of halogens is 3. The summed E-state index contributed by atoms with van der Waals surface area (Å²) in [6.07, 6.45) is 1.61. The number of nitrogens with zero attached hydrogens (tertiary/aromatic N) is 2. The van der Waals surface area contributed by atoms with E-state index in [4.69, 9.17) is 4.74 Å². The van der Waals surface area contributed by atoms with Crippen molar-refractivity contribution < 1.29 is 13.5 Å². The molecule has 1 aliphatic heterocycles. The van der Waals surface area contributed by atoms with Crippen LogP contribution in [0.25, 0.3) is 0 Å². The number of para-hydroxylation sites is 1. The van der Waals surface area contributed by atoms with Gasteiger partial charge in [-0.3, -0.25) is 4.99 Å². The molecule has 0 amide bonds. The number of aliphatic imine (C=N–C) groups is 1. The van der Waals surface area contributed by atoms with Gasteiger partial charge in [0.2, 0.25) is 0 Å². The van der Waals surface area contributed by atoms with Crippen LogP contribution in [0.4, 0.5) is 14.5 Å². The highest BCUT2D eigenvalue weighted by Gasteiger charge is 2.27. The normalized spacial score (nSPS) is 16.3. The SMILES string of the molecule is CN=C(NCCc1cccc(OC)c1)NC1CCN(c2c(F)cccc2F)C1.I. The van der Waals surface area contributed by atoms with E-state index in [9.17, 15) is 8.78 Å². The molecule has 0 radical (unpaired) electrons. The number of nitrogens with one attached hydrogen (secondary N) is 2. The molecule has 0 aromatic heterocycles. The maximum atomic E-state index is 14.0. The summed E-state index contributed by atoms with van der Waals surface area (Å²) in [6, 6.07) is 12.0. The lowest BCUT2D eigenvalue weighted by Crippen LogP contribution is -2.45. The van der Waals surface area contributed by atoms with E-state index in [1.807, 2.05) is 18.2 Å². The first-order valence-corrected chi connectivity index (χ1v) is 9.39. The van der Waals surface area contributed by atoms with Crippen LogP contribution in [0, 0.1) is 11.6 Å². The molecule has 0 bridgehead atoms. The second-order valence-electron chi connectivity index (χ2n) is 6.75. The van der Waals surface area contributed by atoms with Crippen molar-refractivity contribution >= 4 is 35.6 Å². The van der Waals surface area contributed by atoms with Crippen LogP contribution >= 0.6 is 24.0 Å². The number of rotatable bonds is 6. The molecule has 0 aliphatic carbocycles. The van der Waals surface area contributed by atoms with E-state index in [2.05, 4.69) is 21.7 Å². The van der Waals surface area contributed by atoms with Crippen LogP contribution in [-0.4, -0.2) is 45.8 Å². The minimum atomic E-state index is -0.526. The number of hydrogen-bond acceptors (Lipinski definition) is 3. The maximum absolute atomic E-state index is 14.0. The zero-order valence-electron chi connectivity index (χ0n) is 16.6. The van der Waals surface area contributed by atoms with Crippen LogP contribution in [0.15, 0.2) is 47.5 Å². The van der Waals surface area contributed by atoms with Crippen LogP contribution in [0.2, 0.25) is 0 Å². The van der Waals surface area contributed by atoms with Crippen LogP contribution in [0.3, 0.4) is 0 Å². The summed E-state index contributed by atoms with van der Waals surface area (Å²) in [5.41, 5.74) is 1.22. The summed E-state index contributed by atoms with van der Waals surface area (Å²) in [4.78, 5) is 5.99. The standard InChI is InChI=1S/C21H26F2N4O.HI/c1-24-21(25-11-9-15-5-3-6-17(13-15)28-2)26-16-10-12-27(14-16)20-18(22)7-4-8-19(20)23;/h3-8,13,16H,9-12,14H2,1-2H3,(H2,24,25,26);1H. The zero-order valence-corrected chi connectivity index (χ0v) is 19.0. The first-order chi connectivity index (χ1) is 13.6. The Morgan fingerprint density at radius 2 is 1.93 bits per heavy atom. The Bertz CT molecular complexity index is 814. The van der Waals surface area contributed by atoms with Crippen molar-refractivity contribution in [1.82, 2.24) is 10.6 Å². The van der Waals surface area contributed by atoms with Gasteiger partial charge in [0.05, 0.1) is 7.11 Å². The van der Waals surface area contributed by atoms with Crippen molar-refractivity contribution in [3.05, 3.63) is 59.7 Å². The lowest BCUT2D eigenvalue weighted by molar-refractivity contribution is 0.414. The van der Waals surface area contributed by atoms with Gasteiger partial charge in [-0.05, 0) is 42.7 Å². The largest absolute Gasteiger partial charge is 0.497 e. The molecule has 0 spiro atoms. The number of hydrogen-bond donors (Lipinski definition) is 2. The third-order valence-electron chi connectivity index (χ3n) is 4.85. The molecule has 1 unspecified atom stereocenters. The maximum Gasteiger partial charge on any atom is 0.191 e. The molecule has 29 heavy (non-hydrogen) atoms. The fourth-order valence-corrected chi connectivity index (χ4v) is 3.41. The molecule has 1 aliphatic rings. The van der Waals surface area contributed by atoms with E-state index < -0.39 is 11.6 Å². The van der Waals surface area contributed by atoms with E-state index in [-0.39, 0.29) is 35.7 Å². The van der Waals surface area contributed by atoms with Crippen LogP contribution in [0.1, 0.15) is 12.0 Å². The molecule has 2 aromatic rings. The summed E-state index contributed by atoms with van der Waals surface area (Å²) in [7, 11) is 3.37. The molecule has 1 heterocycles. The molecule has 1 atom stereocenters. The van der Waals surface area contributed by atoms with E-state index in [0.717, 1.165) is 18.6 Å². The molecule has 1 saturated heterocycles. The monoisotopic (exact) mass is 516 g/mol. The van der Waals surface area contributed by atoms with Crippen molar-refractivity contribution in [3.8, 4) is 5.75 Å². The number of guanidine groups is 1. The Kier molecular flexibility index (Phi) is 8.94. The summed E-state index contributed by atoms with van der Waals surface area (Å²) in [6.45, 7) is 1.83. The minimum Gasteiger partial charge on any atom is -0.497 e. The fourth-order valence-electron chi connectivity index (χ4n) is 3.41. The predicted molar refractivity (Wildman–Crippen MR) is 124 cm³/mol. The summed E-state index contributed by atoms with van der Waals surface area (Å²) in [5, 5.41) is 6.63. The Morgan fingerprint density at radius 3 is 2.62 bits per heavy atom. The van der Waals surface area contributed by atoms with E-state index >= 15 is 0 Å². The van der Waals surface area contributed by atoms with E-state index in [0.29, 0.717) is 25.6 Å². The molecule has 1 fully saturated rings. The van der Waals surface area contributed by atoms with Gasteiger partial charge in [0.25, 0.3) is 0 Å². The van der Waals surface area contributed by atoms with Crippen molar-refractivity contribution in [2.45, 2.75) is 18.9 Å². The number of methoxy groups -OCH3 is 1. The molecule has 8 heteroatoms. The van der Waals surface area contributed by atoms with Gasteiger partial charge in [-0.15, -0.1) is 24.0 Å². The fraction of sp³-hybridized carbons (Fsp3) is 0.381. The Labute approximate surface area is 187 Å². The zero-order chi connectivity index (χ0) is 19.9. The molecule has 2 N–H and O–H groups in total. The molecular formula is C21H27F2IN4O. The highest BCUT2D eigenvalue weighted by molar-refractivity contribution is 14.0. The molecule has 3 rings (SSSR count). The molecule has 158 valence electrons. The molecule has 2 aromatic carbocycles. The third kappa shape index (κ3) is 6.19. The molecule has 5 nitrogen and oxygen atoms in total. The predicted octanol–water partition coefficient (Wildman–Crippen LogP) is 3.58. The van der Waals surface area contributed by atoms with Crippen molar-refractivity contribution in [1.29, 1.82) is 0 Å². The molecule has 0 saturated carbocycles. The number of ether oxygens (including phenoxy) is 1. The van der Waals surface area contributed by atoms with Gasteiger partial charge in [-0.1, -0.05) is 18.2 Å². The van der Waals surface area contributed by atoms with Crippen LogP contribution in [-0.2, 0) is 6.42 Å². The first-order valence-electron chi connectivity index (χ1n) is 9.39. The van der Waals surface area contributed by atoms with Crippen molar-refractivity contribution in [2.75, 3.05) is 38.7 Å². The van der Waals surface area contributed by atoms with Gasteiger partial charge in [-0.2, -0.15) is 0 Å². The first kappa shape index (κ1) is 23.2. The van der Waals surface area contributed by atoms with E-state index in [1.54, 1.807) is 19.1 Å². The van der Waals surface area contributed by atoms with Gasteiger partial charge in [0.1, 0.15) is 23.1 Å². The summed E-state index contributed by atoms with van der Waals surface area (Å²) >= 11 is 0. The highest BCUT2D eigenvalue weighted by atomic mass is 127. The number of benzene rings is 2. The summed E-state index contributed by atoms with van der Waals surface area (Å²) < 4.78 is 33.2. The van der Waals surface area contributed by atoms with Crippen LogP contribution in [0.5, 0.6) is 5.75 Å². The smallest absolute Gasteiger partial charge is 0.191 e. The van der Waals surface area contributed by atoms with Crippen LogP contribution < -0.4 is 20.3 Å². The Balaban J connectivity index is 0.00000300. The third-order valence-corrected chi connectivity index (χ3v) is 4.85. The van der Waals surface area contributed by atoms with Crippen molar-refractivity contribution in [3.63, 3.8) is 0 Å². The average Bonchev–Trinajstić information content (AvgIpc) is 3.15. The Morgan fingerprint density at radius 1 is 1.21 bits per heavy atom. The second kappa shape index (κ2) is 11.2. The van der Waals surface area contributed by atoms with Gasteiger partial charge in [-0.25, -0.2) is 8.78 Å². The van der Waals surface area contributed by atoms with Gasteiger partial charge in [0, 0.05) is 32.7 Å². The second-order valence-corrected chi connectivity index (χ2v) is 6.75. The van der Waals surface area contributed by atoms with Gasteiger partial charge >= 0.3 is 0 Å². The lowest BCUT2D eigenvalue weighted by Gasteiger charge is -2.21. The number of anilines is 1. The molecular weight excluding hydrogens is 489 g/mol. The topological polar surface area (TPSA) is 48.9 Å². The average molecular weight is 516 g/mol. The Hall–Kier alpha value is -2.10. The minimum absolute atomic E-state index is 0. The van der Waals surface area contributed by atoms with Gasteiger partial charge < -0.3 is 20.3 Å². The van der Waals surface area contributed by atoms with E-state index in [1.165, 1.54) is 23.8 Å². The highest BCUT2D eigenvalue weighted by Crippen LogP contribution is 2.26. The summed E-state index contributed by atoms with van der Waals surface area (Å²) in [5.74, 6) is 0.470. The quantitative estimate of drug-likeness (QED) is 0.350. The lowest BCUT2D eigenvalue weighted by atomic mass is 10.1. The van der Waals surface area contributed by atoms with Gasteiger partial charge in [0.15, 0.2) is 5.96 Å².